The minimum absolute atomic E-state index is 0.0713. The van der Waals surface area contributed by atoms with E-state index in [1.807, 2.05) is 38.1 Å². The van der Waals surface area contributed by atoms with Crippen LogP contribution < -0.4 is 10.2 Å². The van der Waals surface area contributed by atoms with Crippen LogP contribution in [0.3, 0.4) is 0 Å². The zero-order valence-corrected chi connectivity index (χ0v) is 16.7. The van der Waals surface area contributed by atoms with E-state index in [2.05, 4.69) is 21.4 Å². The molecule has 1 heterocycles. The number of hydrogen-bond donors (Lipinski definition) is 1. The highest BCUT2D eigenvalue weighted by Gasteiger charge is 2.30. The number of nitrogens with one attached hydrogen (secondary N) is 1. The van der Waals surface area contributed by atoms with E-state index in [4.69, 9.17) is 0 Å². The van der Waals surface area contributed by atoms with Crippen molar-refractivity contribution >= 4 is 17.4 Å². The molecule has 1 aromatic heterocycles. The zero-order valence-electron chi connectivity index (χ0n) is 16.7. The summed E-state index contributed by atoms with van der Waals surface area (Å²) in [6.07, 6.45) is -2.85. The Hall–Kier alpha value is -3.42. The highest BCUT2D eigenvalue weighted by Crippen LogP contribution is 2.29. The van der Waals surface area contributed by atoms with Gasteiger partial charge in [-0.05, 0) is 42.0 Å². The summed E-state index contributed by atoms with van der Waals surface area (Å²) in [4.78, 5) is 22.9. The van der Waals surface area contributed by atoms with Crippen LogP contribution in [0.5, 0.6) is 0 Å². The first-order valence-electron chi connectivity index (χ1n) is 9.15. The summed E-state index contributed by atoms with van der Waals surface area (Å²) in [7, 11) is 3.75. The fraction of sp³-hybridized carbons (Fsp3) is 0.227. The van der Waals surface area contributed by atoms with Crippen molar-refractivity contribution in [2.75, 3.05) is 24.3 Å². The Labute approximate surface area is 172 Å². The maximum atomic E-state index is 12.6. The van der Waals surface area contributed by atoms with Gasteiger partial charge >= 0.3 is 6.18 Å². The average Bonchev–Trinajstić information content (AvgIpc) is 2.73. The van der Waals surface area contributed by atoms with Crippen LogP contribution >= 0.6 is 0 Å². The van der Waals surface area contributed by atoms with E-state index >= 15 is 0 Å². The lowest BCUT2D eigenvalue weighted by Gasteiger charge is -2.15. The van der Waals surface area contributed by atoms with Crippen molar-refractivity contribution in [3.8, 4) is 0 Å². The summed E-state index contributed by atoms with van der Waals surface area (Å²) in [6, 6.07) is 14.2. The Bertz CT molecular complexity index is 1020. The number of nitrogens with zero attached hydrogens (tertiary/aromatic N) is 3. The molecule has 0 fully saturated rings. The van der Waals surface area contributed by atoms with Crippen molar-refractivity contribution in [3.05, 3.63) is 83.3 Å². The molecule has 8 heteroatoms. The first-order valence-corrected chi connectivity index (χ1v) is 9.15. The quantitative estimate of drug-likeness (QED) is 0.655. The lowest BCUT2D eigenvalue weighted by Crippen LogP contribution is -2.14. The average molecular weight is 413 g/mol. The van der Waals surface area contributed by atoms with Crippen LogP contribution in [0.25, 0.3) is 0 Å². The maximum Gasteiger partial charge on any atom is 0.416 e. The van der Waals surface area contributed by atoms with Gasteiger partial charge in [0.2, 0.25) is 0 Å². The second-order valence-electron chi connectivity index (χ2n) is 6.96. The third-order valence-electron chi connectivity index (χ3n) is 4.56. The lowest BCUT2D eigenvalue weighted by atomic mass is 10.00. The van der Waals surface area contributed by atoms with Gasteiger partial charge in [0.25, 0.3) is 5.91 Å². The molecule has 0 aliphatic carbocycles. The SMILES string of the molecule is CC(c1ccc(NC(=O)c2ccc(C(F)(F)F)cc2)cc1)c1nc[c]c(N(C)C)n1. The van der Waals surface area contributed by atoms with E-state index in [0.29, 0.717) is 17.3 Å². The summed E-state index contributed by atoms with van der Waals surface area (Å²) in [5, 5.41) is 2.68. The van der Waals surface area contributed by atoms with Crippen LogP contribution in [0.1, 0.15) is 40.2 Å². The molecule has 1 radical (unpaired) electrons. The molecule has 0 aliphatic heterocycles. The van der Waals surface area contributed by atoms with Crippen molar-refractivity contribution in [2.45, 2.75) is 19.0 Å². The number of carbonyl (C=O) groups is 1. The van der Waals surface area contributed by atoms with Gasteiger partial charge in [0.05, 0.1) is 5.56 Å². The second kappa shape index (κ2) is 8.52. The fourth-order valence-electron chi connectivity index (χ4n) is 2.78. The molecule has 3 rings (SSSR count). The maximum absolute atomic E-state index is 12.6. The van der Waals surface area contributed by atoms with Gasteiger partial charge in [-0.1, -0.05) is 19.1 Å². The van der Waals surface area contributed by atoms with Crippen molar-refractivity contribution in [1.82, 2.24) is 9.97 Å². The number of rotatable bonds is 5. The van der Waals surface area contributed by atoms with Gasteiger partial charge in [0.1, 0.15) is 11.6 Å². The molecule has 0 spiro atoms. The number of hydrogen-bond acceptors (Lipinski definition) is 4. The third kappa shape index (κ3) is 4.94. The van der Waals surface area contributed by atoms with Crippen molar-refractivity contribution < 1.29 is 18.0 Å². The molecule has 155 valence electrons. The van der Waals surface area contributed by atoms with Gasteiger partial charge in [-0.3, -0.25) is 4.79 Å². The fourth-order valence-corrected chi connectivity index (χ4v) is 2.78. The molecule has 3 aromatic rings. The predicted molar refractivity (Wildman–Crippen MR) is 109 cm³/mol. The molecule has 0 saturated carbocycles. The van der Waals surface area contributed by atoms with Gasteiger partial charge < -0.3 is 10.2 Å². The van der Waals surface area contributed by atoms with E-state index in [1.165, 1.54) is 0 Å². The van der Waals surface area contributed by atoms with E-state index in [9.17, 15) is 18.0 Å². The summed E-state index contributed by atoms with van der Waals surface area (Å²) >= 11 is 0. The highest BCUT2D eigenvalue weighted by atomic mass is 19.4. The second-order valence-corrected chi connectivity index (χ2v) is 6.96. The van der Waals surface area contributed by atoms with E-state index < -0.39 is 17.6 Å². The molecule has 2 aromatic carbocycles. The van der Waals surface area contributed by atoms with E-state index in [-0.39, 0.29) is 11.5 Å². The van der Waals surface area contributed by atoms with Crippen LogP contribution in [-0.2, 0) is 6.18 Å². The predicted octanol–water partition coefficient (Wildman–Crippen LogP) is 4.77. The molecule has 5 nitrogen and oxygen atoms in total. The van der Waals surface area contributed by atoms with Gasteiger partial charge in [0, 0.05) is 43.5 Å². The highest BCUT2D eigenvalue weighted by molar-refractivity contribution is 6.04. The van der Waals surface area contributed by atoms with Crippen LogP contribution in [-0.4, -0.2) is 30.0 Å². The largest absolute Gasteiger partial charge is 0.416 e. The van der Waals surface area contributed by atoms with Crippen LogP contribution in [0, 0.1) is 6.07 Å². The number of aromatic nitrogens is 2. The molecule has 1 amide bonds. The molecule has 0 aliphatic rings. The van der Waals surface area contributed by atoms with Gasteiger partial charge in [-0.25, -0.2) is 9.97 Å². The summed E-state index contributed by atoms with van der Waals surface area (Å²) in [5.74, 6) is 0.784. The smallest absolute Gasteiger partial charge is 0.362 e. The minimum Gasteiger partial charge on any atom is -0.362 e. The Kier molecular flexibility index (Phi) is 6.05. The summed E-state index contributed by atoms with van der Waals surface area (Å²) in [6.45, 7) is 1.98. The minimum atomic E-state index is -4.44. The van der Waals surface area contributed by atoms with Crippen molar-refractivity contribution in [2.24, 2.45) is 0 Å². The monoisotopic (exact) mass is 413 g/mol. The Balaban J connectivity index is 1.69. The van der Waals surface area contributed by atoms with E-state index in [1.54, 1.807) is 18.3 Å². The summed E-state index contributed by atoms with van der Waals surface area (Å²) < 4.78 is 37.9. The lowest BCUT2D eigenvalue weighted by molar-refractivity contribution is -0.137. The van der Waals surface area contributed by atoms with Gasteiger partial charge in [-0.2, -0.15) is 13.2 Å². The Morgan fingerprint density at radius 2 is 1.70 bits per heavy atom. The Morgan fingerprint density at radius 1 is 1.07 bits per heavy atom. The number of benzene rings is 2. The van der Waals surface area contributed by atoms with Crippen LogP contribution in [0.4, 0.5) is 24.7 Å². The van der Waals surface area contributed by atoms with E-state index in [0.717, 1.165) is 29.8 Å². The van der Waals surface area contributed by atoms with Crippen molar-refractivity contribution in [1.29, 1.82) is 0 Å². The Morgan fingerprint density at radius 3 is 2.27 bits per heavy atom. The zero-order chi connectivity index (χ0) is 21.9. The molecular weight excluding hydrogens is 393 g/mol. The van der Waals surface area contributed by atoms with Gasteiger partial charge in [0.15, 0.2) is 0 Å². The molecule has 1 unspecified atom stereocenters. The number of carbonyl (C=O) groups excluding carboxylic acids is 1. The number of anilines is 2. The number of alkyl halides is 3. The normalized spacial score (nSPS) is 12.3. The van der Waals surface area contributed by atoms with Crippen molar-refractivity contribution in [3.63, 3.8) is 0 Å². The third-order valence-corrected chi connectivity index (χ3v) is 4.56. The van der Waals surface area contributed by atoms with Gasteiger partial charge in [-0.15, -0.1) is 0 Å². The number of halogens is 3. The van der Waals surface area contributed by atoms with Crippen LogP contribution in [0.15, 0.2) is 54.7 Å². The topological polar surface area (TPSA) is 58.1 Å². The molecule has 1 N–H and O–H groups in total. The first-order chi connectivity index (χ1) is 14.1. The molecule has 1 atom stereocenters. The molecule has 0 saturated heterocycles. The molecule has 0 bridgehead atoms. The molecule has 30 heavy (non-hydrogen) atoms. The summed E-state index contributed by atoms with van der Waals surface area (Å²) in [5.41, 5.74) is 0.840. The number of amides is 1. The van der Waals surface area contributed by atoms with Crippen LogP contribution in [0.2, 0.25) is 0 Å². The standard InChI is InChI=1S/C22H20F3N4O/c1-14(20-26-13-12-19(28-20)29(2)3)15-6-10-18(11-7-15)27-21(30)16-4-8-17(9-5-16)22(23,24)25/h4-11,13-14H,1-3H3,(H,27,30). The first kappa shape index (κ1) is 21.3. The molecular formula is C22H20F3N4O.